The van der Waals surface area contributed by atoms with Crippen molar-refractivity contribution < 1.29 is 22.1 Å². The van der Waals surface area contributed by atoms with E-state index in [0.717, 1.165) is 0 Å². The number of rotatable bonds is 0. The van der Waals surface area contributed by atoms with Crippen LogP contribution in [0.3, 0.4) is 0 Å². The second kappa shape index (κ2) is 2.22. The van der Waals surface area contributed by atoms with Crippen molar-refractivity contribution >= 4 is 0 Å². The summed E-state index contributed by atoms with van der Waals surface area (Å²) >= 11 is -4.65. The van der Waals surface area contributed by atoms with Crippen LogP contribution in [0.2, 0.25) is 0 Å². The quantitative estimate of drug-likeness (QED) is 0.156. The fraction of sp³-hybridized carbons (Fsp3) is 0. The van der Waals surface area contributed by atoms with Crippen LogP contribution >= 0.6 is 0 Å². The van der Waals surface area contributed by atoms with E-state index >= 15 is 0 Å². The molecule has 0 aromatic heterocycles. The van der Waals surface area contributed by atoms with Gasteiger partial charge in [0.2, 0.25) is 0 Å². The average molecular weight is 218 g/mol. The minimum absolute atomic E-state index is 1.50. The normalized spacial score (nSPS) is 16.9. The van der Waals surface area contributed by atoms with E-state index < -0.39 is 16.9 Å². The molecule has 0 aliphatic carbocycles. The van der Waals surface area contributed by atoms with Gasteiger partial charge in [-0.2, -0.15) is 0 Å². The van der Waals surface area contributed by atoms with Gasteiger partial charge in [-0.25, -0.2) is 0 Å². The zero-order valence-corrected chi connectivity index (χ0v) is 6.55. The van der Waals surface area contributed by atoms with Crippen LogP contribution in [0, 0.1) is 10.1 Å². The summed E-state index contributed by atoms with van der Waals surface area (Å²) in [5.41, 5.74) is 0. The first-order valence-corrected chi connectivity index (χ1v) is 5.33. The Balaban J connectivity index is 0. The van der Waals surface area contributed by atoms with Crippen molar-refractivity contribution in [2.45, 2.75) is 0 Å². The van der Waals surface area contributed by atoms with Gasteiger partial charge in [-0.05, 0) is 0 Å². The van der Waals surface area contributed by atoms with Crippen LogP contribution in [0.4, 0.5) is 0 Å². The van der Waals surface area contributed by atoms with Gasteiger partial charge in [0.25, 0.3) is 5.09 Å². The van der Waals surface area contributed by atoms with Gasteiger partial charge < -0.3 is 5.21 Å². The monoisotopic (exact) mass is 218 g/mol. The Morgan fingerprint density at radius 1 is 1.09 bits per heavy atom. The molecule has 0 unspecified atom stereocenters. The topological polar surface area (TPSA) is 219 Å². The molecule has 75 valence electrons. The molecule has 0 aliphatic rings. The zero-order valence-electron chi connectivity index (χ0n) is 5.51. The second-order valence-corrected chi connectivity index (χ2v) is 7.11. The van der Waals surface area contributed by atoms with Crippen LogP contribution in [0.25, 0.3) is 0 Å². The van der Waals surface area contributed by atoms with Gasteiger partial charge in [0.05, 0.1) is 0 Å². The van der Waals surface area contributed by atoms with Crippen LogP contribution in [-0.4, -0.2) is 10.3 Å². The molecule has 0 saturated carbocycles. The SMILES string of the molecule is O=[N+]([O-])O.[NH2][Co]([NH2])([NH2])([NH2])([NH2])[NH2]. The predicted octanol–water partition coefficient (Wildman–Crippen LogP) is -3.89. The third kappa shape index (κ3) is 1850. The third-order valence-corrected chi connectivity index (χ3v) is 0. The standard InChI is InChI=1S/Co.HNO3.6H2N/c;2-1(3)4;;;;;;/h;(H,2,3,4);6*1H2/q+6;;6*-1. The summed E-state index contributed by atoms with van der Waals surface area (Å²) in [6.07, 6.45) is 0. The molecule has 0 aromatic carbocycles. The van der Waals surface area contributed by atoms with Crippen molar-refractivity contribution in [3.05, 3.63) is 10.1 Å². The van der Waals surface area contributed by atoms with E-state index in [2.05, 4.69) is 0 Å². The molecule has 0 radical (unpaired) electrons. The Hall–Kier alpha value is -0.534. The van der Waals surface area contributed by atoms with E-state index in [-0.39, 0.29) is 0 Å². The van der Waals surface area contributed by atoms with Crippen molar-refractivity contribution in [1.29, 1.82) is 0 Å². The van der Waals surface area contributed by atoms with E-state index in [1.54, 1.807) is 0 Å². The summed E-state index contributed by atoms with van der Waals surface area (Å²) < 4.78 is 0. The van der Waals surface area contributed by atoms with Gasteiger partial charge in [-0.1, -0.05) is 0 Å². The third-order valence-electron chi connectivity index (χ3n) is 0. The first-order valence-electron chi connectivity index (χ1n) is 1.72. The molecule has 0 spiro atoms. The molecule has 0 heterocycles. The molecule has 0 saturated heterocycles. The first kappa shape index (κ1) is 13.1. The predicted molar refractivity (Wildman–Crippen MR) is 33.9 cm³/mol. The van der Waals surface area contributed by atoms with Crippen LogP contribution < -0.4 is 28.7 Å². The van der Waals surface area contributed by atoms with Crippen LogP contribution in [0.15, 0.2) is 0 Å². The fourth-order valence-corrected chi connectivity index (χ4v) is 0. The van der Waals surface area contributed by atoms with Gasteiger partial charge in [0, 0.05) is 0 Å². The number of nitrogens with two attached hydrogens (primary N) is 6. The number of nitrogens with zero attached hydrogens (tertiary/aromatic N) is 1. The Morgan fingerprint density at radius 2 is 1.09 bits per heavy atom. The fourth-order valence-electron chi connectivity index (χ4n) is 0. The van der Waals surface area contributed by atoms with Crippen molar-refractivity contribution in [1.82, 2.24) is 0 Å². The van der Waals surface area contributed by atoms with Crippen LogP contribution in [0.1, 0.15) is 0 Å². The minimum atomic E-state index is -4.65. The Bertz CT molecular complexity index is 132. The van der Waals surface area contributed by atoms with E-state index in [0.29, 0.717) is 0 Å². The average Bonchev–Trinajstić information content (AvgIpc) is 1.11. The second-order valence-electron chi connectivity index (χ2n) is 1.90. The van der Waals surface area contributed by atoms with Crippen LogP contribution in [0.5, 0.6) is 0 Å². The maximum atomic E-state index is 8.36. The molecule has 0 aliphatic heterocycles. The van der Waals surface area contributed by atoms with Crippen molar-refractivity contribution in [2.24, 2.45) is 28.7 Å². The summed E-state index contributed by atoms with van der Waals surface area (Å²) in [6.45, 7) is 0. The molecule has 0 aromatic rings. The van der Waals surface area contributed by atoms with Crippen molar-refractivity contribution in [2.75, 3.05) is 0 Å². The maximum absolute atomic E-state index is 8.36. The molecule has 0 fully saturated rings. The molecule has 13 N–H and O–H groups in total. The number of hydrogen-bond acceptors (Lipinski definition) is 8. The summed E-state index contributed by atoms with van der Waals surface area (Å²) in [5.74, 6) is 0. The van der Waals surface area contributed by atoms with Crippen molar-refractivity contribution in [3.63, 3.8) is 0 Å². The van der Waals surface area contributed by atoms with Gasteiger partial charge in [0.1, 0.15) is 0 Å². The van der Waals surface area contributed by atoms with E-state index in [9.17, 15) is 0 Å². The molecular formula is H13CoN7O3. The molecule has 0 amide bonds. The molecular weight excluding hydrogens is 205 g/mol. The zero-order chi connectivity index (χ0) is 9.99. The molecule has 11 heavy (non-hydrogen) atoms. The van der Waals surface area contributed by atoms with Gasteiger partial charge >= 0.3 is 40.5 Å². The van der Waals surface area contributed by atoms with Crippen LogP contribution in [-0.2, 0) is 11.8 Å². The molecule has 0 atom stereocenters. The van der Waals surface area contributed by atoms with Gasteiger partial charge in [0.15, 0.2) is 0 Å². The summed E-state index contributed by atoms with van der Waals surface area (Å²) in [4.78, 5) is 37.5. The molecule has 0 bridgehead atoms. The van der Waals surface area contributed by atoms with E-state index in [4.69, 9.17) is 44.0 Å². The molecule has 11 heteroatoms. The Morgan fingerprint density at radius 3 is 1.09 bits per heavy atom. The summed E-state index contributed by atoms with van der Waals surface area (Å²) in [7, 11) is 0. The summed E-state index contributed by atoms with van der Waals surface area (Å²) in [5, 5.41) is 13.6. The summed E-state index contributed by atoms with van der Waals surface area (Å²) in [6, 6.07) is 0. The van der Waals surface area contributed by atoms with Gasteiger partial charge in [-0.15, -0.1) is 10.1 Å². The van der Waals surface area contributed by atoms with Crippen molar-refractivity contribution in [3.8, 4) is 0 Å². The molecule has 10 nitrogen and oxygen atoms in total. The first-order chi connectivity index (χ1) is 4.18. The van der Waals surface area contributed by atoms with Gasteiger partial charge in [-0.3, -0.25) is 0 Å². The molecule has 0 rings (SSSR count). The van der Waals surface area contributed by atoms with E-state index in [1.165, 1.54) is 0 Å². The number of hydrogen-bond donors (Lipinski definition) is 7. The Labute approximate surface area is 61.7 Å². The van der Waals surface area contributed by atoms with E-state index in [1.807, 2.05) is 0 Å². The Kier molecular flexibility index (Phi) is 2.65.